The predicted octanol–water partition coefficient (Wildman–Crippen LogP) is 3.29. The molecule has 1 atom stereocenters. The van der Waals surface area contributed by atoms with E-state index in [0.717, 1.165) is 45.1 Å². The van der Waals surface area contributed by atoms with Gasteiger partial charge in [0, 0.05) is 19.0 Å². The van der Waals surface area contributed by atoms with E-state index in [1.165, 1.54) is 32.1 Å². The van der Waals surface area contributed by atoms with Crippen molar-refractivity contribution in [3.8, 4) is 0 Å². The highest BCUT2D eigenvalue weighted by atomic mass is 16.5. The van der Waals surface area contributed by atoms with Gasteiger partial charge in [-0.2, -0.15) is 0 Å². The van der Waals surface area contributed by atoms with E-state index in [1.54, 1.807) is 0 Å². The maximum Gasteiger partial charge on any atom is 0.311 e. The molecule has 3 aliphatic rings. The molecule has 0 radical (unpaired) electrons. The van der Waals surface area contributed by atoms with Gasteiger partial charge < -0.3 is 9.64 Å². The number of carbonyl (C=O) groups is 2. The molecule has 0 aromatic carbocycles. The highest BCUT2D eigenvalue weighted by molar-refractivity contribution is 5.82. The lowest BCUT2D eigenvalue weighted by Gasteiger charge is -2.32. The second-order valence-corrected chi connectivity index (χ2v) is 7.30. The number of ether oxygens (including phenoxy) is 1. The zero-order valence-corrected chi connectivity index (χ0v) is 13.6. The summed E-state index contributed by atoms with van der Waals surface area (Å²) in [4.78, 5) is 26.5. The number of esters is 1. The van der Waals surface area contributed by atoms with Crippen molar-refractivity contribution in [2.24, 2.45) is 11.8 Å². The number of nitrogens with zero attached hydrogens (tertiary/aromatic N) is 1. The zero-order chi connectivity index (χ0) is 15.4. The molecule has 0 N–H and O–H groups in total. The minimum atomic E-state index is -0.0955. The fourth-order valence-corrected chi connectivity index (χ4v) is 3.76. The molecule has 4 nitrogen and oxygen atoms in total. The molecular formula is C18H29NO3. The summed E-state index contributed by atoms with van der Waals surface area (Å²) in [5.74, 6) is 0.365. The quantitative estimate of drug-likeness (QED) is 0.752. The molecule has 0 bridgehead atoms. The first-order valence-corrected chi connectivity index (χ1v) is 9.23. The van der Waals surface area contributed by atoms with Gasteiger partial charge in [0.2, 0.25) is 5.91 Å². The topological polar surface area (TPSA) is 46.6 Å². The molecule has 0 aromatic rings. The van der Waals surface area contributed by atoms with Crippen LogP contribution in [0.5, 0.6) is 0 Å². The van der Waals surface area contributed by atoms with E-state index < -0.39 is 0 Å². The van der Waals surface area contributed by atoms with Crippen LogP contribution in [0.4, 0.5) is 0 Å². The third-order valence-electron chi connectivity index (χ3n) is 5.33. The largest absolute Gasteiger partial charge is 0.462 e. The molecule has 124 valence electrons. The molecule has 2 aliphatic carbocycles. The number of amides is 1. The molecule has 22 heavy (non-hydrogen) atoms. The molecule has 3 rings (SSSR count). The Bertz CT molecular complexity index is 397. The Hall–Kier alpha value is -1.06. The molecular weight excluding hydrogens is 278 g/mol. The Labute approximate surface area is 133 Å². The predicted molar refractivity (Wildman–Crippen MR) is 84.2 cm³/mol. The van der Waals surface area contributed by atoms with Crippen LogP contribution >= 0.6 is 0 Å². The van der Waals surface area contributed by atoms with Crippen molar-refractivity contribution in [1.82, 2.24) is 4.90 Å². The van der Waals surface area contributed by atoms with Crippen molar-refractivity contribution in [3.63, 3.8) is 0 Å². The molecule has 1 amide bonds. The van der Waals surface area contributed by atoms with E-state index in [2.05, 4.69) is 0 Å². The van der Waals surface area contributed by atoms with Crippen LogP contribution in [-0.2, 0) is 14.3 Å². The highest BCUT2D eigenvalue weighted by Crippen LogP contribution is 2.33. The SMILES string of the molecule is O=C(OC1CCCCCCC1)C1CCCN(C(=O)C2CC2)C1. The van der Waals surface area contributed by atoms with Gasteiger partial charge >= 0.3 is 5.97 Å². The zero-order valence-electron chi connectivity index (χ0n) is 13.6. The van der Waals surface area contributed by atoms with Crippen LogP contribution < -0.4 is 0 Å². The van der Waals surface area contributed by atoms with Gasteiger partial charge in [-0.25, -0.2) is 0 Å². The smallest absolute Gasteiger partial charge is 0.311 e. The maximum absolute atomic E-state index is 12.5. The standard InChI is InChI=1S/C18H29NO3/c20-17(14-10-11-14)19-12-6-7-15(13-19)18(21)22-16-8-4-2-1-3-5-9-16/h14-16H,1-13H2. The maximum atomic E-state index is 12.5. The summed E-state index contributed by atoms with van der Waals surface area (Å²) >= 11 is 0. The summed E-state index contributed by atoms with van der Waals surface area (Å²) in [5, 5.41) is 0. The van der Waals surface area contributed by atoms with Crippen LogP contribution in [0.2, 0.25) is 0 Å². The fraction of sp³-hybridized carbons (Fsp3) is 0.889. The van der Waals surface area contributed by atoms with E-state index >= 15 is 0 Å². The summed E-state index contributed by atoms with van der Waals surface area (Å²) < 4.78 is 5.79. The van der Waals surface area contributed by atoms with Crippen LogP contribution in [0.1, 0.15) is 70.6 Å². The first kappa shape index (κ1) is 15.8. The summed E-state index contributed by atoms with van der Waals surface area (Å²) in [7, 11) is 0. The van der Waals surface area contributed by atoms with E-state index in [-0.39, 0.29) is 29.8 Å². The average molecular weight is 307 g/mol. The van der Waals surface area contributed by atoms with E-state index in [9.17, 15) is 9.59 Å². The van der Waals surface area contributed by atoms with Gasteiger partial charge in [0.25, 0.3) is 0 Å². The van der Waals surface area contributed by atoms with Crippen molar-refractivity contribution < 1.29 is 14.3 Å². The Balaban J connectivity index is 1.48. The van der Waals surface area contributed by atoms with Gasteiger partial charge in [0.1, 0.15) is 6.10 Å². The van der Waals surface area contributed by atoms with Crippen LogP contribution in [0.3, 0.4) is 0 Å². The van der Waals surface area contributed by atoms with Crippen LogP contribution in [0.25, 0.3) is 0 Å². The fourth-order valence-electron chi connectivity index (χ4n) is 3.76. The summed E-state index contributed by atoms with van der Waals surface area (Å²) in [6.45, 7) is 1.41. The molecule has 1 unspecified atom stereocenters. The third kappa shape index (κ3) is 4.23. The van der Waals surface area contributed by atoms with Gasteiger partial charge in [-0.05, 0) is 51.4 Å². The number of rotatable bonds is 3. The van der Waals surface area contributed by atoms with Gasteiger partial charge in [-0.1, -0.05) is 19.3 Å². The minimum Gasteiger partial charge on any atom is -0.462 e. The second-order valence-electron chi connectivity index (χ2n) is 7.30. The Morgan fingerprint density at radius 3 is 2.14 bits per heavy atom. The first-order chi connectivity index (χ1) is 10.7. The number of carbonyl (C=O) groups excluding carboxylic acids is 2. The van der Waals surface area contributed by atoms with Crippen molar-refractivity contribution in [2.45, 2.75) is 76.7 Å². The Morgan fingerprint density at radius 2 is 1.45 bits per heavy atom. The van der Waals surface area contributed by atoms with E-state index in [1.807, 2.05) is 4.90 Å². The number of likely N-dealkylation sites (tertiary alicyclic amines) is 1. The molecule has 1 aliphatic heterocycles. The number of hydrogen-bond donors (Lipinski definition) is 0. The van der Waals surface area contributed by atoms with E-state index in [0.29, 0.717) is 6.54 Å². The van der Waals surface area contributed by atoms with Crippen molar-refractivity contribution in [1.29, 1.82) is 0 Å². The van der Waals surface area contributed by atoms with Gasteiger partial charge in [0.15, 0.2) is 0 Å². The Kier molecular flexibility index (Phi) is 5.37. The summed E-state index contributed by atoms with van der Waals surface area (Å²) in [6, 6.07) is 0. The van der Waals surface area contributed by atoms with Gasteiger partial charge in [-0.3, -0.25) is 9.59 Å². The monoisotopic (exact) mass is 307 g/mol. The highest BCUT2D eigenvalue weighted by Gasteiger charge is 2.37. The minimum absolute atomic E-state index is 0.0566. The summed E-state index contributed by atoms with van der Waals surface area (Å²) in [6.07, 6.45) is 12.2. The van der Waals surface area contributed by atoms with Crippen molar-refractivity contribution in [3.05, 3.63) is 0 Å². The molecule has 1 saturated heterocycles. The molecule has 0 aromatic heterocycles. The first-order valence-electron chi connectivity index (χ1n) is 9.23. The molecule has 2 saturated carbocycles. The number of hydrogen-bond acceptors (Lipinski definition) is 3. The van der Waals surface area contributed by atoms with E-state index in [4.69, 9.17) is 4.74 Å². The lowest BCUT2D eigenvalue weighted by molar-refractivity contribution is -0.158. The van der Waals surface area contributed by atoms with Crippen LogP contribution in [0.15, 0.2) is 0 Å². The molecule has 1 heterocycles. The van der Waals surface area contributed by atoms with Gasteiger partial charge in [0.05, 0.1) is 5.92 Å². The van der Waals surface area contributed by atoms with Crippen LogP contribution in [-0.4, -0.2) is 36.0 Å². The lowest BCUT2D eigenvalue weighted by Crippen LogP contribution is -2.44. The number of piperidine rings is 1. The lowest BCUT2D eigenvalue weighted by atomic mass is 9.96. The van der Waals surface area contributed by atoms with Crippen LogP contribution in [0, 0.1) is 11.8 Å². The summed E-state index contributed by atoms with van der Waals surface area (Å²) in [5.41, 5.74) is 0. The third-order valence-corrected chi connectivity index (χ3v) is 5.33. The van der Waals surface area contributed by atoms with Gasteiger partial charge in [-0.15, -0.1) is 0 Å². The van der Waals surface area contributed by atoms with Crippen molar-refractivity contribution in [2.75, 3.05) is 13.1 Å². The molecule has 4 heteroatoms. The second kappa shape index (κ2) is 7.47. The average Bonchev–Trinajstić information content (AvgIpc) is 3.34. The van der Waals surface area contributed by atoms with Crippen molar-refractivity contribution >= 4 is 11.9 Å². The Morgan fingerprint density at radius 1 is 0.773 bits per heavy atom. The molecule has 0 spiro atoms. The molecule has 3 fully saturated rings. The normalized spacial score (nSPS) is 27.8.